The maximum Gasteiger partial charge on any atom is 0.341 e. The number of anilines is 1. The molecule has 10 heteroatoms. The van der Waals surface area contributed by atoms with E-state index in [1.165, 1.54) is 36.8 Å². The van der Waals surface area contributed by atoms with Crippen LogP contribution in [0, 0.1) is 5.92 Å². The molecule has 170 valence electrons. The first-order valence-corrected chi connectivity index (χ1v) is 11.0. The van der Waals surface area contributed by atoms with Crippen molar-refractivity contribution in [3.8, 4) is 11.5 Å². The highest BCUT2D eigenvalue weighted by Crippen LogP contribution is 2.40. The Bertz CT molecular complexity index is 1060. The predicted octanol–water partition coefficient (Wildman–Crippen LogP) is 2.85. The molecule has 0 unspecified atom stereocenters. The molecule has 3 N–H and O–H groups in total. The minimum absolute atomic E-state index is 0.0292. The summed E-state index contributed by atoms with van der Waals surface area (Å²) in [6.45, 7) is 4.07. The average Bonchev–Trinajstić information content (AvgIpc) is 3.11. The summed E-state index contributed by atoms with van der Waals surface area (Å²) in [5, 5.41) is 16.2. The third-order valence-electron chi connectivity index (χ3n) is 5.01. The monoisotopic (exact) mass is 459 g/mol. The number of aromatic hydroxyl groups is 1. The largest absolute Gasteiger partial charge is 0.504 e. The van der Waals surface area contributed by atoms with Crippen LogP contribution in [0.3, 0.4) is 0 Å². The molecule has 0 spiro atoms. The molecule has 0 saturated heterocycles. The van der Waals surface area contributed by atoms with E-state index in [1.54, 1.807) is 13.0 Å². The number of hydrogen-bond acceptors (Lipinski definition) is 8. The number of nitrogens with one attached hydrogen (secondary N) is 2. The molecular formula is C22H25N3O6S. The highest BCUT2D eigenvalue weighted by atomic mass is 32.1. The van der Waals surface area contributed by atoms with E-state index < -0.39 is 17.8 Å². The zero-order valence-electron chi connectivity index (χ0n) is 18.1. The van der Waals surface area contributed by atoms with Crippen molar-refractivity contribution in [3.63, 3.8) is 0 Å². The molecule has 1 aliphatic rings. The third kappa shape index (κ3) is 5.25. The first-order chi connectivity index (χ1) is 15.3. The van der Waals surface area contributed by atoms with Crippen LogP contribution in [0.1, 0.15) is 46.6 Å². The molecule has 1 aliphatic carbocycles. The number of carbonyl (C=O) groups excluding carboxylic acids is 3. The van der Waals surface area contributed by atoms with Gasteiger partial charge < -0.3 is 19.9 Å². The zero-order chi connectivity index (χ0) is 23.3. The molecule has 1 heterocycles. The van der Waals surface area contributed by atoms with Crippen molar-refractivity contribution in [3.05, 3.63) is 39.8 Å². The van der Waals surface area contributed by atoms with Gasteiger partial charge in [0, 0.05) is 4.88 Å². The number of thiophene rings is 1. The Morgan fingerprint density at radius 3 is 2.81 bits per heavy atom. The lowest BCUT2D eigenvalue weighted by atomic mass is 9.88. The second kappa shape index (κ2) is 10.3. The van der Waals surface area contributed by atoms with E-state index in [0.717, 1.165) is 29.7 Å². The number of fused-ring (bicyclic) bond motifs is 1. The van der Waals surface area contributed by atoms with Gasteiger partial charge in [0.25, 0.3) is 0 Å². The van der Waals surface area contributed by atoms with Gasteiger partial charge in [-0.15, -0.1) is 11.3 Å². The fourth-order valence-electron chi connectivity index (χ4n) is 3.41. The molecule has 0 saturated carbocycles. The van der Waals surface area contributed by atoms with Gasteiger partial charge in [-0.05, 0) is 61.4 Å². The van der Waals surface area contributed by atoms with E-state index in [-0.39, 0.29) is 18.1 Å². The Labute approximate surface area is 189 Å². The molecule has 0 fully saturated rings. The molecule has 0 aliphatic heterocycles. The number of rotatable bonds is 6. The molecule has 0 bridgehead atoms. The molecule has 2 amide bonds. The van der Waals surface area contributed by atoms with Crippen molar-refractivity contribution in [2.24, 2.45) is 11.0 Å². The summed E-state index contributed by atoms with van der Waals surface area (Å²) < 4.78 is 10.2. The number of esters is 1. The normalized spacial score (nSPS) is 15.2. The van der Waals surface area contributed by atoms with Crippen LogP contribution in [0.5, 0.6) is 11.5 Å². The molecule has 3 rings (SSSR count). The third-order valence-corrected chi connectivity index (χ3v) is 6.18. The van der Waals surface area contributed by atoms with Gasteiger partial charge in [0.05, 0.1) is 25.5 Å². The second-order valence-electron chi connectivity index (χ2n) is 7.36. The number of nitrogens with zero attached hydrogens (tertiary/aromatic N) is 1. The van der Waals surface area contributed by atoms with Crippen LogP contribution in [-0.2, 0) is 27.2 Å². The van der Waals surface area contributed by atoms with Crippen LogP contribution in [-0.4, -0.2) is 42.8 Å². The average molecular weight is 460 g/mol. The van der Waals surface area contributed by atoms with Crippen LogP contribution in [0.15, 0.2) is 23.3 Å². The number of phenolic OH excluding ortho intramolecular Hbond substituents is 1. The lowest BCUT2D eigenvalue weighted by molar-refractivity contribution is -0.136. The van der Waals surface area contributed by atoms with Crippen molar-refractivity contribution in [1.82, 2.24) is 5.43 Å². The van der Waals surface area contributed by atoms with Gasteiger partial charge in [-0.25, -0.2) is 10.2 Å². The number of benzene rings is 1. The van der Waals surface area contributed by atoms with Gasteiger partial charge in [-0.3, -0.25) is 9.59 Å². The van der Waals surface area contributed by atoms with E-state index in [9.17, 15) is 19.5 Å². The Morgan fingerprint density at radius 1 is 1.31 bits per heavy atom. The predicted molar refractivity (Wildman–Crippen MR) is 120 cm³/mol. The van der Waals surface area contributed by atoms with Crippen molar-refractivity contribution in [2.45, 2.75) is 33.1 Å². The summed E-state index contributed by atoms with van der Waals surface area (Å²) in [5.74, 6) is -1.73. The van der Waals surface area contributed by atoms with Crippen molar-refractivity contribution in [2.75, 3.05) is 19.0 Å². The van der Waals surface area contributed by atoms with Crippen LogP contribution in [0.2, 0.25) is 0 Å². The minimum atomic E-state index is -0.985. The van der Waals surface area contributed by atoms with Gasteiger partial charge in [-0.1, -0.05) is 6.92 Å². The van der Waals surface area contributed by atoms with E-state index >= 15 is 0 Å². The molecule has 1 aromatic heterocycles. The van der Waals surface area contributed by atoms with Crippen molar-refractivity contribution >= 4 is 40.3 Å². The Hall–Kier alpha value is -3.40. The van der Waals surface area contributed by atoms with Crippen LogP contribution < -0.4 is 15.5 Å². The molecule has 0 radical (unpaired) electrons. The van der Waals surface area contributed by atoms with Gasteiger partial charge in [0.2, 0.25) is 0 Å². The highest BCUT2D eigenvalue weighted by Gasteiger charge is 2.30. The summed E-state index contributed by atoms with van der Waals surface area (Å²) in [4.78, 5) is 38.2. The van der Waals surface area contributed by atoms with E-state index in [2.05, 4.69) is 22.8 Å². The van der Waals surface area contributed by atoms with Gasteiger partial charge in [0.1, 0.15) is 5.00 Å². The molecule has 2 aromatic rings. The quantitative estimate of drug-likeness (QED) is 0.264. The summed E-state index contributed by atoms with van der Waals surface area (Å²) in [7, 11) is 1.41. The maximum atomic E-state index is 12.5. The second-order valence-corrected chi connectivity index (χ2v) is 8.47. The van der Waals surface area contributed by atoms with Gasteiger partial charge >= 0.3 is 17.8 Å². The standard InChI is InChI=1S/C22H25N3O6S/c1-4-31-22(29)18-14-7-5-12(2)9-17(14)32-21(18)24-19(27)20(28)25-23-11-13-6-8-15(26)16(10-13)30-3/h6,8,10-12,26H,4-5,7,9H2,1-3H3,(H,24,27)(H,25,28)/b23-11-/t12-/m0/s1. The van der Waals surface area contributed by atoms with Crippen LogP contribution in [0.4, 0.5) is 5.00 Å². The molecule has 32 heavy (non-hydrogen) atoms. The summed E-state index contributed by atoms with van der Waals surface area (Å²) in [5.41, 5.74) is 3.92. The number of carbonyl (C=O) groups is 3. The number of amides is 2. The number of phenols is 1. The van der Waals surface area contributed by atoms with Crippen LogP contribution >= 0.6 is 11.3 Å². The summed E-state index contributed by atoms with van der Waals surface area (Å²) >= 11 is 1.30. The SMILES string of the molecule is CCOC(=O)c1c(NC(=O)C(=O)N/N=C\c2ccc(O)c(OC)c2)sc2c1CC[C@H](C)C2. The van der Waals surface area contributed by atoms with Crippen molar-refractivity contribution in [1.29, 1.82) is 0 Å². The minimum Gasteiger partial charge on any atom is -0.504 e. The molecule has 1 aromatic carbocycles. The number of ether oxygens (including phenoxy) is 2. The van der Waals surface area contributed by atoms with E-state index in [4.69, 9.17) is 9.47 Å². The summed E-state index contributed by atoms with van der Waals surface area (Å²) in [6.07, 6.45) is 3.79. The topological polar surface area (TPSA) is 126 Å². The van der Waals surface area contributed by atoms with Gasteiger partial charge in [-0.2, -0.15) is 5.10 Å². The Balaban J connectivity index is 1.71. The number of methoxy groups -OCH3 is 1. The molecule has 9 nitrogen and oxygen atoms in total. The number of hydrazone groups is 1. The first kappa shape index (κ1) is 23.3. The van der Waals surface area contributed by atoms with Crippen molar-refractivity contribution < 1.29 is 29.0 Å². The van der Waals surface area contributed by atoms with E-state index in [0.29, 0.717) is 22.0 Å². The van der Waals surface area contributed by atoms with Gasteiger partial charge in [0.15, 0.2) is 11.5 Å². The fraction of sp³-hybridized carbons (Fsp3) is 0.364. The first-order valence-electron chi connectivity index (χ1n) is 10.2. The number of hydrogen-bond donors (Lipinski definition) is 3. The molecule has 1 atom stereocenters. The zero-order valence-corrected chi connectivity index (χ0v) is 18.9. The fourth-order valence-corrected chi connectivity index (χ4v) is 4.80. The highest BCUT2D eigenvalue weighted by molar-refractivity contribution is 7.17. The van der Waals surface area contributed by atoms with E-state index in [1.807, 2.05) is 0 Å². The maximum absolute atomic E-state index is 12.5. The smallest absolute Gasteiger partial charge is 0.341 e. The van der Waals surface area contributed by atoms with Crippen LogP contribution in [0.25, 0.3) is 0 Å². The lowest BCUT2D eigenvalue weighted by Gasteiger charge is -2.18. The Kier molecular flexibility index (Phi) is 7.47. The summed E-state index contributed by atoms with van der Waals surface area (Å²) in [6, 6.07) is 4.51. The molecular weight excluding hydrogens is 434 g/mol. The lowest BCUT2D eigenvalue weighted by Crippen LogP contribution is -2.32. The Morgan fingerprint density at radius 2 is 2.09 bits per heavy atom.